The van der Waals surface area contributed by atoms with Gasteiger partial charge in [-0.2, -0.15) is 5.10 Å². The van der Waals surface area contributed by atoms with Crippen LogP contribution in [-0.2, 0) is 19.7 Å². The summed E-state index contributed by atoms with van der Waals surface area (Å²) in [6.45, 7) is 2.75. The zero-order chi connectivity index (χ0) is 19.4. The average Bonchev–Trinajstić information content (AvgIpc) is 3.27. The molecule has 0 aliphatic rings. The minimum atomic E-state index is 0. The van der Waals surface area contributed by atoms with Crippen molar-refractivity contribution < 1.29 is 4.74 Å². The predicted molar refractivity (Wildman–Crippen MR) is 125 cm³/mol. The van der Waals surface area contributed by atoms with Crippen molar-refractivity contribution in [1.29, 1.82) is 0 Å². The number of hydrogen-bond donors (Lipinski definition) is 2. The summed E-state index contributed by atoms with van der Waals surface area (Å²) in [7, 11) is 1.76. The molecule has 0 spiro atoms. The molecule has 0 amide bonds. The van der Waals surface area contributed by atoms with Crippen molar-refractivity contribution in [3.05, 3.63) is 78.2 Å². The molecule has 2 N–H and O–H groups in total. The predicted octanol–water partition coefficient (Wildman–Crippen LogP) is 3.23. The minimum absolute atomic E-state index is 0. The van der Waals surface area contributed by atoms with Gasteiger partial charge in [-0.3, -0.25) is 9.67 Å². The number of benzene rings is 1. The van der Waals surface area contributed by atoms with E-state index in [0.29, 0.717) is 19.0 Å². The molecule has 3 aromatic rings. The third kappa shape index (κ3) is 7.72. The summed E-state index contributed by atoms with van der Waals surface area (Å²) >= 11 is 0. The van der Waals surface area contributed by atoms with Gasteiger partial charge < -0.3 is 15.4 Å². The van der Waals surface area contributed by atoms with E-state index in [-0.39, 0.29) is 24.0 Å². The first-order valence-electron chi connectivity index (χ1n) is 9.37. The van der Waals surface area contributed by atoms with Crippen molar-refractivity contribution >= 4 is 29.9 Å². The Hall–Kier alpha value is -2.62. The van der Waals surface area contributed by atoms with Gasteiger partial charge in [0.15, 0.2) is 5.96 Å². The summed E-state index contributed by atoms with van der Waals surface area (Å²) in [6, 6.07) is 15.9. The summed E-state index contributed by atoms with van der Waals surface area (Å²) in [5.41, 5.74) is 2.10. The van der Waals surface area contributed by atoms with Gasteiger partial charge in [0.2, 0.25) is 5.88 Å². The van der Waals surface area contributed by atoms with Crippen LogP contribution in [0.15, 0.2) is 72.1 Å². The normalized spacial score (nSPS) is 10.9. The summed E-state index contributed by atoms with van der Waals surface area (Å²) in [5.74, 6) is 1.38. The Balaban J connectivity index is 0.00000300. The summed E-state index contributed by atoms with van der Waals surface area (Å²) in [5, 5.41) is 10.8. The van der Waals surface area contributed by atoms with Crippen molar-refractivity contribution in [2.45, 2.75) is 26.1 Å². The fraction of sp³-hybridized carbons (Fsp3) is 0.286. The SMILES string of the molecule is CN=C(NCCCn1cccn1)NCc1cccnc1OCc1ccccc1.I. The first kappa shape index (κ1) is 22.7. The smallest absolute Gasteiger partial charge is 0.218 e. The van der Waals surface area contributed by atoms with E-state index in [2.05, 4.69) is 25.7 Å². The molecule has 8 heteroatoms. The second kappa shape index (κ2) is 12.8. The van der Waals surface area contributed by atoms with Crippen LogP contribution in [0.25, 0.3) is 0 Å². The monoisotopic (exact) mass is 506 g/mol. The van der Waals surface area contributed by atoms with Crippen LogP contribution >= 0.6 is 24.0 Å². The lowest BCUT2D eigenvalue weighted by Crippen LogP contribution is -2.37. The number of ether oxygens (including phenoxy) is 1. The topological polar surface area (TPSA) is 76.4 Å². The van der Waals surface area contributed by atoms with E-state index in [9.17, 15) is 0 Å². The van der Waals surface area contributed by atoms with Crippen molar-refractivity contribution in [3.63, 3.8) is 0 Å². The maximum Gasteiger partial charge on any atom is 0.218 e. The van der Waals surface area contributed by atoms with Crippen molar-refractivity contribution in [3.8, 4) is 5.88 Å². The van der Waals surface area contributed by atoms with E-state index in [1.807, 2.05) is 59.4 Å². The second-order valence-electron chi connectivity index (χ2n) is 6.22. The maximum atomic E-state index is 5.91. The van der Waals surface area contributed by atoms with Gasteiger partial charge in [-0.15, -0.1) is 24.0 Å². The Bertz CT molecular complexity index is 855. The summed E-state index contributed by atoms with van der Waals surface area (Å²) < 4.78 is 7.83. The molecule has 154 valence electrons. The molecule has 2 heterocycles. The summed E-state index contributed by atoms with van der Waals surface area (Å²) in [6.07, 6.45) is 6.46. The maximum absolute atomic E-state index is 5.91. The molecule has 0 atom stereocenters. The third-order valence-corrected chi connectivity index (χ3v) is 4.15. The van der Waals surface area contributed by atoms with E-state index < -0.39 is 0 Å². The van der Waals surface area contributed by atoms with Crippen LogP contribution in [0.4, 0.5) is 0 Å². The van der Waals surface area contributed by atoms with Gasteiger partial charge in [0.25, 0.3) is 0 Å². The average molecular weight is 506 g/mol. The minimum Gasteiger partial charge on any atom is -0.473 e. The molecule has 2 aromatic heterocycles. The van der Waals surface area contributed by atoms with Gasteiger partial charge in [0.05, 0.1) is 0 Å². The van der Waals surface area contributed by atoms with Crippen LogP contribution < -0.4 is 15.4 Å². The molecular formula is C21H27IN6O. The van der Waals surface area contributed by atoms with Gasteiger partial charge in [-0.05, 0) is 24.1 Å². The van der Waals surface area contributed by atoms with Crippen LogP contribution in [0.1, 0.15) is 17.5 Å². The number of pyridine rings is 1. The molecule has 0 radical (unpaired) electrons. The third-order valence-electron chi connectivity index (χ3n) is 4.15. The Labute approximate surface area is 188 Å². The lowest BCUT2D eigenvalue weighted by atomic mass is 10.2. The number of nitrogens with zero attached hydrogens (tertiary/aromatic N) is 4. The zero-order valence-corrected chi connectivity index (χ0v) is 18.8. The number of rotatable bonds is 9. The number of guanidine groups is 1. The molecular weight excluding hydrogens is 479 g/mol. The van der Waals surface area contributed by atoms with E-state index in [1.54, 1.807) is 19.4 Å². The van der Waals surface area contributed by atoms with Crippen molar-refractivity contribution in [2.24, 2.45) is 4.99 Å². The largest absolute Gasteiger partial charge is 0.473 e. The van der Waals surface area contributed by atoms with Gasteiger partial charge in [0, 0.05) is 50.8 Å². The Morgan fingerprint density at radius 1 is 1.07 bits per heavy atom. The molecule has 0 aliphatic carbocycles. The first-order chi connectivity index (χ1) is 13.8. The van der Waals surface area contributed by atoms with Gasteiger partial charge in [-0.1, -0.05) is 36.4 Å². The molecule has 0 aliphatic heterocycles. The zero-order valence-electron chi connectivity index (χ0n) is 16.5. The van der Waals surface area contributed by atoms with E-state index >= 15 is 0 Å². The second-order valence-corrected chi connectivity index (χ2v) is 6.22. The standard InChI is InChI=1S/C21H26N6O.HI/c1-22-21(24-12-6-14-27-15-7-13-26-27)25-16-19-10-5-11-23-20(19)28-17-18-8-3-2-4-9-18;/h2-5,7-11,13,15H,6,12,14,16-17H2,1H3,(H2,22,24,25);1H. The molecule has 0 fully saturated rings. The van der Waals surface area contributed by atoms with E-state index in [1.165, 1.54) is 0 Å². The van der Waals surface area contributed by atoms with Gasteiger partial charge in [-0.25, -0.2) is 4.98 Å². The highest BCUT2D eigenvalue weighted by atomic mass is 127. The Morgan fingerprint density at radius 3 is 2.69 bits per heavy atom. The van der Waals surface area contributed by atoms with Crippen LogP contribution in [0, 0.1) is 0 Å². The molecule has 1 aromatic carbocycles. The van der Waals surface area contributed by atoms with Crippen molar-refractivity contribution in [1.82, 2.24) is 25.4 Å². The number of halogens is 1. The summed E-state index contributed by atoms with van der Waals surface area (Å²) in [4.78, 5) is 8.64. The Kier molecular flexibility index (Phi) is 9.98. The molecule has 29 heavy (non-hydrogen) atoms. The number of hydrogen-bond acceptors (Lipinski definition) is 4. The van der Waals surface area contributed by atoms with Crippen LogP contribution in [0.2, 0.25) is 0 Å². The first-order valence-corrected chi connectivity index (χ1v) is 9.37. The van der Waals surface area contributed by atoms with Crippen molar-refractivity contribution in [2.75, 3.05) is 13.6 Å². The van der Waals surface area contributed by atoms with E-state index in [0.717, 1.165) is 36.6 Å². The molecule has 7 nitrogen and oxygen atoms in total. The lowest BCUT2D eigenvalue weighted by Gasteiger charge is -2.14. The molecule has 0 saturated carbocycles. The quantitative estimate of drug-likeness (QED) is 0.202. The molecule has 0 unspecified atom stereocenters. The molecule has 0 bridgehead atoms. The number of aryl methyl sites for hydroxylation is 1. The van der Waals surface area contributed by atoms with Gasteiger partial charge in [0.1, 0.15) is 6.61 Å². The molecule has 0 saturated heterocycles. The number of aromatic nitrogens is 3. The highest BCUT2D eigenvalue weighted by molar-refractivity contribution is 14.0. The lowest BCUT2D eigenvalue weighted by molar-refractivity contribution is 0.290. The Morgan fingerprint density at radius 2 is 1.93 bits per heavy atom. The number of aliphatic imine (C=N–C) groups is 1. The number of nitrogens with one attached hydrogen (secondary N) is 2. The fourth-order valence-corrected chi connectivity index (χ4v) is 2.69. The highest BCUT2D eigenvalue weighted by Crippen LogP contribution is 2.15. The van der Waals surface area contributed by atoms with E-state index in [4.69, 9.17) is 4.74 Å². The van der Waals surface area contributed by atoms with Crippen LogP contribution in [0.3, 0.4) is 0 Å². The highest BCUT2D eigenvalue weighted by Gasteiger charge is 2.06. The molecule has 3 rings (SSSR count). The van der Waals surface area contributed by atoms with Crippen LogP contribution in [-0.4, -0.2) is 34.3 Å². The fourth-order valence-electron chi connectivity index (χ4n) is 2.69. The van der Waals surface area contributed by atoms with Gasteiger partial charge >= 0.3 is 0 Å². The van der Waals surface area contributed by atoms with Crippen LogP contribution in [0.5, 0.6) is 5.88 Å².